The monoisotopic (exact) mass is 323 g/mol. The lowest BCUT2D eigenvalue weighted by Crippen LogP contribution is -2.48. The summed E-state index contributed by atoms with van der Waals surface area (Å²) in [6.45, 7) is 3.92. The highest BCUT2D eigenvalue weighted by Gasteiger charge is 2.30. The minimum atomic E-state index is -0.0697. The summed E-state index contributed by atoms with van der Waals surface area (Å²) in [7, 11) is 0. The van der Waals surface area contributed by atoms with Crippen LogP contribution in [0.2, 0.25) is 0 Å². The topological polar surface area (TPSA) is 61.9 Å². The van der Waals surface area contributed by atoms with Crippen molar-refractivity contribution in [1.82, 2.24) is 9.80 Å². The van der Waals surface area contributed by atoms with Crippen molar-refractivity contribution >= 4 is 28.3 Å². The molecule has 0 unspecified atom stereocenters. The molecule has 2 fully saturated rings. The first kappa shape index (κ1) is 15.3. The summed E-state index contributed by atoms with van der Waals surface area (Å²) >= 11 is 1.51. The average molecular weight is 323 g/mol. The van der Waals surface area contributed by atoms with E-state index in [0.717, 1.165) is 17.8 Å². The first-order valence-electron chi connectivity index (χ1n) is 7.70. The lowest BCUT2D eigenvalue weighted by Gasteiger charge is -2.35. The number of morpholine rings is 1. The first-order chi connectivity index (χ1) is 10.7. The minimum absolute atomic E-state index is 0.0453. The van der Waals surface area contributed by atoms with Crippen molar-refractivity contribution in [2.24, 2.45) is 5.92 Å². The predicted molar refractivity (Wildman–Crippen MR) is 85.0 cm³/mol. The van der Waals surface area contributed by atoms with Crippen LogP contribution in [0.4, 0.5) is 9.80 Å². The van der Waals surface area contributed by atoms with Crippen LogP contribution in [-0.4, -0.2) is 61.1 Å². The molecule has 22 heavy (non-hydrogen) atoms. The Labute approximate surface area is 134 Å². The van der Waals surface area contributed by atoms with Crippen LogP contribution in [0, 0.1) is 5.92 Å². The summed E-state index contributed by atoms with van der Waals surface area (Å²) < 4.78 is 5.28. The molecule has 0 atom stereocenters. The fraction of sp³-hybridized carbons (Fsp3) is 0.600. The van der Waals surface area contributed by atoms with Gasteiger partial charge in [-0.05, 0) is 30.4 Å². The number of piperidine rings is 1. The van der Waals surface area contributed by atoms with Crippen molar-refractivity contribution in [3.8, 4) is 0 Å². The third kappa shape index (κ3) is 3.59. The Morgan fingerprint density at radius 2 is 1.86 bits per heavy atom. The molecule has 0 radical (unpaired) electrons. The molecular weight excluding hydrogens is 302 g/mol. The standard InChI is InChI=1S/C15H21N3O3S/c19-14(17-7-9-21-10-8-17)12-3-5-18(6-4-12)15(20)16-13-2-1-11-22-13/h1-2,11-12H,3-10H2,(H,16,20). The largest absolute Gasteiger partial charge is 0.378 e. The highest BCUT2D eigenvalue weighted by atomic mass is 32.1. The van der Waals surface area contributed by atoms with Gasteiger partial charge in [0, 0.05) is 32.1 Å². The maximum atomic E-state index is 12.4. The van der Waals surface area contributed by atoms with Crippen molar-refractivity contribution < 1.29 is 14.3 Å². The Hall–Kier alpha value is -1.60. The summed E-state index contributed by atoms with van der Waals surface area (Å²) in [4.78, 5) is 28.3. The molecule has 2 aliphatic heterocycles. The molecule has 2 aliphatic rings. The summed E-state index contributed by atoms with van der Waals surface area (Å²) in [5.74, 6) is 0.269. The number of nitrogens with zero attached hydrogens (tertiary/aromatic N) is 2. The van der Waals surface area contributed by atoms with Gasteiger partial charge in [0.25, 0.3) is 0 Å². The molecule has 0 aliphatic carbocycles. The highest BCUT2D eigenvalue weighted by Crippen LogP contribution is 2.22. The number of carbonyl (C=O) groups excluding carboxylic acids is 2. The molecule has 6 nitrogen and oxygen atoms in total. The molecule has 1 aromatic heterocycles. The molecule has 7 heteroatoms. The third-order valence-corrected chi connectivity index (χ3v) is 4.99. The number of ether oxygens (including phenoxy) is 1. The molecule has 1 aromatic rings. The van der Waals surface area contributed by atoms with E-state index < -0.39 is 0 Å². The van der Waals surface area contributed by atoms with Crippen molar-refractivity contribution in [3.63, 3.8) is 0 Å². The van der Waals surface area contributed by atoms with Gasteiger partial charge in [0.1, 0.15) is 0 Å². The number of anilines is 1. The maximum absolute atomic E-state index is 12.4. The Kier molecular flexibility index (Phi) is 4.94. The van der Waals surface area contributed by atoms with E-state index in [1.165, 1.54) is 11.3 Å². The molecule has 0 bridgehead atoms. The van der Waals surface area contributed by atoms with Crippen LogP contribution in [0.3, 0.4) is 0 Å². The van der Waals surface area contributed by atoms with E-state index in [4.69, 9.17) is 4.74 Å². The molecule has 2 saturated heterocycles. The molecule has 3 rings (SSSR count). The summed E-state index contributed by atoms with van der Waals surface area (Å²) in [6.07, 6.45) is 1.49. The SMILES string of the molecule is O=C(Nc1cccs1)N1CCC(C(=O)N2CCOCC2)CC1. The van der Waals surface area contributed by atoms with Gasteiger partial charge in [-0.15, -0.1) is 11.3 Å². The Morgan fingerprint density at radius 1 is 1.14 bits per heavy atom. The second-order valence-electron chi connectivity index (χ2n) is 5.61. The lowest BCUT2D eigenvalue weighted by atomic mass is 9.95. The van der Waals surface area contributed by atoms with Gasteiger partial charge in [0.2, 0.25) is 5.91 Å². The van der Waals surface area contributed by atoms with E-state index in [9.17, 15) is 9.59 Å². The second kappa shape index (κ2) is 7.11. The van der Waals surface area contributed by atoms with Gasteiger partial charge in [0.05, 0.1) is 18.2 Å². The third-order valence-electron chi connectivity index (χ3n) is 4.21. The number of thiophene rings is 1. The number of likely N-dealkylation sites (tertiary alicyclic amines) is 1. The fourth-order valence-corrected chi connectivity index (χ4v) is 3.51. The zero-order valence-electron chi connectivity index (χ0n) is 12.5. The number of urea groups is 1. The maximum Gasteiger partial charge on any atom is 0.322 e. The van der Waals surface area contributed by atoms with Gasteiger partial charge >= 0.3 is 6.03 Å². The Morgan fingerprint density at radius 3 is 2.50 bits per heavy atom. The van der Waals surface area contributed by atoms with E-state index in [2.05, 4.69) is 5.32 Å². The zero-order valence-corrected chi connectivity index (χ0v) is 13.3. The van der Waals surface area contributed by atoms with E-state index >= 15 is 0 Å². The quantitative estimate of drug-likeness (QED) is 0.903. The summed E-state index contributed by atoms with van der Waals surface area (Å²) in [5.41, 5.74) is 0. The van der Waals surface area contributed by atoms with Gasteiger partial charge in [-0.25, -0.2) is 4.79 Å². The van der Waals surface area contributed by atoms with E-state index in [1.54, 1.807) is 4.90 Å². The van der Waals surface area contributed by atoms with Crippen molar-refractivity contribution in [2.45, 2.75) is 12.8 Å². The summed E-state index contributed by atoms with van der Waals surface area (Å²) in [5, 5.41) is 5.68. The average Bonchev–Trinajstić information content (AvgIpc) is 3.08. The summed E-state index contributed by atoms with van der Waals surface area (Å²) in [6, 6.07) is 3.73. The van der Waals surface area contributed by atoms with Crippen LogP contribution in [0.5, 0.6) is 0 Å². The normalized spacial score (nSPS) is 20.0. The van der Waals surface area contributed by atoms with Crippen LogP contribution in [0.25, 0.3) is 0 Å². The number of nitrogens with one attached hydrogen (secondary N) is 1. The Bertz CT molecular complexity index is 506. The lowest BCUT2D eigenvalue weighted by molar-refractivity contribution is -0.140. The molecule has 120 valence electrons. The minimum Gasteiger partial charge on any atom is -0.378 e. The molecule has 0 aromatic carbocycles. The van der Waals surface area contributed by atoms with Crippen molar-refractivity contribution in [3.05, 3.63) is 17.5 Å². The van der Waals surface area contributed by atoms with Gasteiger partial charge in [-0.2, -0.15) is 0 Å². The molecule has 0 saturated carbocycles. The molecule has 1 N–H and O–H groups in total. The van der Waals surface area contributed by atoms with Crippen molar-refractivity contribution in [2.75, 3.05) is 44.7 Å². The van der Waals surface area contributed by atoms with Crippen LogP contribution in [-0.2, 0) is 9.53 Å². The van der Waals surface area contributed by atoms with Gasteiger partial charge in [-0.1, -0.05) is 0 Å². The number of carbonyl (C=O) groups is 2. The molecule has 0 spiro atoms. The van der Waals surface area contributed by atoms with E-state index in [0.29, 0.717) is 39.4 Å². The number of amides is 3. The Balaban J connectivity index is 1.47. The van der Waals surface area contributed by atoms with Crippen molar-refractivity contribution in [1.29, 1.82) is 0 Å². The number of rotatable bonds is 2. The van der Waals surface area contributed by atoms with E-state index in [1.807, 2.05) is 22.4 Å². The smallest absolute Gasteiger partial charge is 0.322 e. The molecule has 3 heterocycles. The van der Waals surface area contributed by atoms with Crippen LogP contribution in [0.15, 0.2) is 17.5 Å². The van der Waals surface area contributed by atoms with Gasteiger partial charge in [-0.3, -0.25) is 10.1 Å². The second-order valence-corrected chi connectivity index (χ2v) is 6.55. The first-order valence-corrected chi connectivity index (χ1v) is 8.58. The predicted octanol–water partition coefficient (Wildman–Crippen LogP) is 1.85. The van der Waals surface area contributed by atoms with E-state index in [-0.39, 0.29) is 17.9 Å². The molecular formula is C15H21N3O3S. The highest BCUT2D eigenvalue weighted by molar-refractivity contribution is 7.14. The molecule has 3 amide bonds. The number of hydrogen-bond donors (Lipinski definition) is 1. The number of hydrogen-bond acceptors (Lipinski definition) is 4. The van der Waals surface area contributed by atoms with Crippen LogP contribution < -0.4 is 5.32 Å². The zero-order chi connectivity index (χ0) is 15.4. The van der Waals surface area contributed by atoms with Crippen LogP contribution >= 0.6 is 11.3 Å². The van der Waals surface area contributed by atoms with Gasteiger partial charge in [0.15, 0.2) is 0 Å². The van der Waals surface area contributed by atoms with Crippen LogP contribution in [0.1, 0.15) is 12.8 Å². The van der Waals surface area contributed by atoms with Gasteiger partial charge < -0.3 is 14.5 Å². The fourth-order valence-electron chi connectivity index (χ4n) is 2.91.